The van der Waals surface area contributed by atoms with Gasteiger partial charge in [0.2, 0.25) is 5.88 Å². The summed E-state index contributed by atoms with van der Waals surface area (Å²) in [5.41, 5.74) is 5.93. The van der Waals surface area contributed by atoms with Gasteiger partial charge in [0.25, 0.3) is 0 Å². The Kier molecular flexibility index (Phi) is 4.65. The van der Waals surface area contributed by atoms with E-state index in [1.54, 1.807) is 24.8 Å². The maximum atomic E-state index is 6.10. The first kappa shape index (κ1) is 18.3. The Hall–Kier alpha value is -3.70. The van der Waals surface area contributed by atoms with Gasteiger partial charge in [-0.2, -0.15) is 0 Å². The average molecular weight is 413 g/mol. The Morgan fingerprint density at radius 3 is 2.43 bits per heavy atom. The van der Waals surface area contributed by atoms with Gasteiger partial charge in [-0.3, -0.25) is 9.97 Å². The normalized spacial score (nSPS) is 11.0. The van der Waals surface area contributed by atoms with Crippen LogP contribution in [0.2, 0.25) is 5.02 Å². The van der Waals surface area contributed by atoms with Crippen LogP contribution in [0.5, 0.6) is 11.6 Å². The number of pyridine rings is 3. The molecule has 0 spiro atoms. The zero-order chi connectivity index (χ0) is 20.5. The quantitative estimate of drug-likeness (QED) is 0.355. The second-order valence-electron chi connectivity index (χ2n) is 6.89. The van der Waals surface area contributed by atoms with E-state index in [4.69, 9.17) is 16.3 Å². The molecule has 1 aromatic carbocycles. The molecular weight excluding hydrogens is 396 g/mol. The van der Waals surface area contributed by atoms with Crippen molar-refractivity contribution in [3.63, 3.8) is 0 Å². The van der Waals surface area contributed by atoms with Crippen LogP contribution in [0.15, 0.2) is 85.6 Å². The lowest BCUT2D eigenvalue weighted by Gasteiger charge is -2.10. The molecule has 6 heteroatoms. The molecule has 4 heterocycles. The number of ether oxygens (including phenoxy) is 1. The Labute approximate surface area is 178 Å². The maximum absolute atomic E-state index is 6.10. The fraction of sp³-hybridized carbons (Fsp3) is 0.0417. The minimum absolute atomic E-state index is 0.554. The summed E-state index contributed by atoms with van der Waals surface area (Å²) in [5.74, 6) is 1.27. The van der Waals surface area contributed by atoms with Crippen molar-refractivity contribution >= 4 is 22.6 Å². The summed E-state index contributed by atoms with van der Waals surface area (Å²) >= 11 is 6.10. The van der Waals surface area contributed by atoms with E-state index in [9.17, 15) is 0 Å². The van der Waals surface area contributed by atoms with Crippen LogP contribution < -0.4 is 4.74 Å². The number of rotatable bonds is 4. The van der Waals surface area contributed by atoms with Crippen LogP contribution in [0.3, 0.4) is 0 Å². The molecule has 146 valence electrons. The monoisotopic (exact) mass is 412 g/mol. The van der Waals surface area contributed by atoms with Crippen LogP contribution in [0.4, 0.5) is 0 Å². The standard InChI is InChI=1S/C24H17ClN4O/c1-29-15-21(23-22(29)13-18(25)14-28-23)16-4-6-19(7-5-16)30-24-20(3-2-10-27-24)17-8-11-26-12-9-17/h2-15H,1H3. The summed E-state index contributed by atoms with van der Waals surface area (Å²) in [5, 5.41) is 0.624. The van der Waals surface area contributed by atoms with Gasteiger partial charge in [0.1, 0.15) is 5.75 Å². The molecule has 0 atom stereocenters. The van der Waals surface area contributed by atoms with Gasteiger partial charge in [-0.05, 0) is 53.6 Å². The van der Waals surface area contributed by atoms with E-state index < -0.39 is 0 Å². The first-order valence-electron chi connectivity index (χ1n) is 9.43. The van der Waals surface area contributed by atoms with Gasteiger partial charge < -0.3 is 9.30 Å². The molecule has 5 aromatic rings. The lowest BCUT2D eigenvalue weighted by Crippen LogP contribution is -1.91. The van der Waals surface area contributed by atoms with Crippen LogP contribution in [0, 0.1) is 0 Å². The van der Waals surface area contributed by atoms with Crippen LogP contribution in [-0.2, 0) is 7.05 Å². The molecule has 0 aliphatic rings. The second-order valence-corrected chi connectivity index (χ2v) is 7.33. The van der Waals surface area contributed by atoms with Crippen LogP contribution in [0.1, 0.15) is 0 Å². The van der Waals surface area contributed by atoms with E-state index in [1.165, 1.54) is 0 Å². The third-order valence-electron chi connectivity index (χ3n) is 4.93. The molecule has 0 bridgehead atoms. The van der Waals surface area contributed by atoms with E-state index in [1.807, 2.05) is 66.2 Å². The highest BCUT2D eigenvalue weighted by Gasteiger charge is 2.12. The predicted octanol–water partition coefficient (Wildman–Crippen LogP) is 6.14. The number of aromatic nitrogens is 4. The number of fused-ring (bicyclic) bond motifs is 1. The number of aryl methyl sites for hydroxylation is 1. The third-order valence-corrected chi connectivity index (χ3v) is 5.14. The molecule has 30 heavy (non-hydrogen) atoms. The van der Waals surface area contributed by atoms with E-state index in [0.717, 1.165) is 33.3 Å². The molecule has 0 saturated carbocycles. The lowest BCUT2D eigenvalue weighted by molar-refractivity contribution is 0.465. The molecule has 0 saturated heterocycles. The summed E-state index contributed by atoms with van der Waals surface area (Å²) in [7, 11) is 1.99. The Morgan fingerprint density at radius 1 is 0.867 bits per heavy atom. The smallest absolute Gasteiger partial charge is 0.227 e. The second kappa shape index (κ2) is 7.61. The molecule has 0 unspecified atom stereocenters. The largest absolute Gasteiger partial charge is 0.438 e. The summed E-state index contributed by atoms with van der Waals surface area (Å²) < 4.78 is 8.12. The van der Waals surface area contributed by atoms with Gasteiger partial charge in [0.15, 0.2) is 0 Å². The van der Waals surface area contributed by atoms with Crippen molar-refractivity contribution in [1.82, 2.24) is 19.5 Å². The molecule has 0 aliphatic heterocycles. The van der Waals surface area contributed by atoms with Gasteiger partial charge in [-0.25, -0.2) is 4.98 Å². The fourth-order valence-electron chi connectivity index (χ4n) is 3.48. The van der Waals surface area contributed by atoms with Crippen molar-refractivity contribution in [3.05, 3.63) is 90.6 Å². The van der Waals surface area contributed by atoms with Crippen molar-refractivity contribution in [3.8, 4) is 33.9 Å². The summed E-state index contributed by atoms with van der Waals surface area (Å²) in [4.78, 5) is 13.0. The van der Waals surface area contributed by atoms with E-state index in [-0.39, 0.29) is 0 Å². The molecule has 5 nitrogen and oxygen atoms in total. The molecule has 0 radical (unpaired) electrons. The number of halogens is 1. The molecule has 0 fully saturated rings. The van der Waals surface area contributed by atoms with Crippen molar-refractivity contribution in [2.24, 2.45) is 7.05 Å². The van der Waals surface area contributed by atoms with E-state index in [2.05, 4.69) is 21.1 Å². The van der Waals surface area contributed by atoms with Crippen LogP contribution in [0.25, 0.3) is 33.3 Å². The van der Waals surface area contributed by atoms with Crippen molar-refractivity contribution < 1.29 is 4.74 Å². The number of hydrogen-bond acceptors (Lipinski definition) is 4. The Morgan fingerprint density at radius 2 is 1.63 bits per heavy atom. The van der Waals surface area contributed by atoms with Gasteiger partial charge in [-0.15, -0.1) is 0 Å². The molecule has 0 aliphatic carbocycles. The molecule has 0 amide bonds. The number of hydrogen-bond donors (Lipinski definition) is 0. The minimum atomic E-state index is 0.554. The highest BCUT2D eigenvalue weighted by molar-refractivity contribution is 6.31. The zero-order valence-corrected chi connectivity index (χ0v) is 16.9. The van der Waals surface area contributed by atoms with Crippen molar-refractivity contribution in [2.45, 2.75) is 0 Å². The molecule has 0 N–H and O–H groups in total. The SMILES string of the molecule is Cn1cc(-c2ccc(Oc3ncccc3-c3ccncc3)cc2)c2ncc(Cl)cc21. The summed E-state index contributed by atoms with van der Waals surface area (Å²) in [6.07, 6.45) is 8.97. The highest BCUT2D eigenvalue weighted by Crippen LogP contribution is 2.34. The molecule has 4 aromatic heterocycles. The van der Waals surface area contributed by atoms with Gasteiger partial charge in [0, 0.05) is 49.2 Å². The van der Waals surface area contributed by atoms with Gasteiger partial charge in [-0.1, -0.05) is 23.7 Å². The van der Waals surface area contributed by atoms with E-state index >= 15 is 0 Å². The predicted molar refractivity (Wildman–Crippen MR) is 119 cm³/mol. The van der Waals surface area contributed by atoms with E-state index in [0.29, 0.717) is 16.7 Å². The van der Waals surface area contributed by atoms with Crippen LogP contribution >= 0.6 is 11.6 Å². The first-order chi connectivity index (χ1) is 14.7. The van der Waals surface area contributed by atoms with Crippen molar-refractivity contribution in [2.75, 3.05) is 0 Å². The first-order valence-corrected chi connectivity index (χ1v) is 9.81. The summed E-state index contributed by atoms with van der Waals surface area (Å²) in [6.45, 7) is 0. The highest BCUT2D eigenvalue weighted by atomic mass is 35.5. The topological polar surface area (TPSA) is 52.8 Å². The molecular formula is C24H17ClN4O. The van der Waals surface area contributed by atoms with Crippen LogP contribution in [-0.4, -0.2) is 19.5 Å². The average Bonchev–Trinajstić information content (AvgIpc) is 3.11. The Balaban J connectivity index is 1.46. The van der Waals surface area contributed by atoms with Crippen molar-refractivity contribution in [1.29, 1.82) is 0 Å². The Bertz CT molecular complexity index is 1330. The number of benzene rings is 1. The minimum Gasteiger partial charge on any atom is -0.438 e. The zero-order valence-electron chi connectivity index (χ0n) is 16.2. The molecule has 5 rings (SSSR count). The van der Waals surface area contributed by atoms with Gasteiger partial charge >= 0.3 is 0 Å². The summed E-state index contributed by atoms with van der Waals surface area (Å²) in [6, 6.07) is 17.6. The third kappa shape index (κ3) is 3.40. The maximum Gasteiger partial charge on any atom is 0.227 e. The lowest BCUT2D eigenvalue weighted by atomic mass is 10.1. The fourth-order valence-corrected chi connectivity index (χ4v) is 3.63. The van der Waals surface area contributed by atoms with Gasteiger partial charge in [0.05, 0.1) is 16.1 Å². The number of nitrogens with zero attached hydrogens (tertiary/aromatic N) is 4.